The van der Waals surface area contributed by atoms with Gasteiger partial charge in [0.15, 0.2) is 0 Å². The van der Waals surface area contributed by atoms with Crippen LogP contribution in [0.5, 0.6) is 0 Å². The van der Waals surface area contributed by atoms with Crippen molar-refractivity contribution in [2.45, 2.75) is 110 Å². The van der Waals surface area contributed by atoms with E-state index in [-0.39, 0.29) is 11.4 Å². The molecule has 0 aromatic carbocycles. The number of rotatable bonds is 9. The molecule has 0 unspecified atom stereocenters. The van der Waals surface area contributed by atoms with Crippen LogP contribution in [-0.2, 0) is 9.53 Å². The molecule has 0 amide bonds. The fourth-order valence-electron chi connectivity index (χ4n) is 7.42. The van der Waals surface area contributed by atoms with E-state index in [1.807, 2.05) is 6.08 Å². The Hall–Kier alpha value is -1.69. The molecule has 7 atom stereocenters. The van der Waals surface area contributed by atoms with Gasteiger partial charge in [-0.1, -0.05) is 63.6 Å². The largest absolute Gasteiger partial charge is 0.465 e. The highest BCUT2D eigenvalue weighted by Crippen LogP contribution is 2.59. The molecule has 5 heteroatoms. The van der Waals surface area contributed by atoms with E-state index in [1.165, 1.54) is 12.0 Å². The SMILES string of the molecule is C=C1C(=CC=C2CCC[C@]3(C)[C@@H]([C@H](C)C=C[C@H](O)C4(C(=O)OCCCC)CC4)CC[C@@H]23)C[C@@H](O)C[C@@H]1O. The van der Waals surface area contributed by atoms with Crippen LogP contribution in [0.1, 0.15) is 91.4 Å². The Labute approximate surface area is 223 Å². The van der Waals surface area contributed by atoms with Crippen LogP contribution in [0.15, 0.2) is 47.6 Å². The first kappa shape index (κ1) is 28.3. The monoisotopic (exact) mass is 512 g/mol. The molecule has 206 valence electrons. The number of aliphatic hydroxyl groups is 3. The topological polar surface area (TPSA) is 87.0 Å². The number of esters is 1. The van der Waals surface area contributed by atoms with Gasteiger partial charge in [0.05, 0.1) is 30.3 Å². The quantitative estimate of drug-likeness (QED) is 0.206. The van der Waals surface area contributed by atoms with E-state index >= 15 is 0 Å². The molecular weight excluding hydrogens is 464 g/mol. The van der Waals surface area contributed by atoms with Crippen LogP contribution in [0, 0.1) is 28.6 Å². The summed E-state index contributed by atoms with van der Waals surface area (Å²) in [5.41, 5.74) is 2.66. The Bertz CT molecular complexity index is 941. The number of hydrogen-bond donors (Lipinski definition) is 3. The van der Waals surface area contributed by atoms with E-state index in [9.17, 15) is 20.1 Å². The molecule has 5 nitrogen and oxygen atoms in total. The molecule has 0 aromatic heterocycles. The summed E-state index contributed by atoms with van der Waals surface area (Å²) >= 11 is 0. The lowest BCUT2D eigenvalue weighted by molar-refractivity contribution is -0.153. The lowest BCUT2D eigenvalue weighted by Gasteiger charge is -2.44. The summed E-state index contributed by atoms with van der Waals surface area (Å²) < 4.78 is 5.44. The van der Waals surface area contributed by atoms with Crippen LogP contribution in [0.3, 0.4) is 0 Å². The zero-order chi connectivity index (χ0) is 26.8. The van der Waals surface area contributed by atoms with Crippen molar-refractivity contribution < 1.29 is 24.9 Å². The van der Waals surface area contributed by atoms with Crippen molar-refractivity contribution >= 4 is 5.97 Å². The second kappa shape index (κ2) is 11.6. The molecule has 0 spiro atoms. The van der Waals surface area contributed by atoms with Gasteiger partial charge in [-0.2, -0.15) is 0 Å². The van der Waals surface area contributed by atoms with E-state index < -0.39 is 23.7 Å². The van der Waals surface area contributed by atoms with Crippen molar-refractivity contribution in [1.82, 2.24) is 0 Å². The average molecular weight is 513 g/mol. The first-order chi connectivity index (χ1) is 17.6. The van der Waals surface area contributed by atoms with Crippen LogP contribution >= 0.6 is 0 Å². The lowest BCUT2D eigenvalue weighted by atomic mass is 9.61. The van der Waals surface area contributed by atoms with Crippen LogP contribution in [0.25, 0.3) is 0 Å². The third-order valence-corrected chi connectivity index (χ3v) is 10.0. The molecule has 4 aliphatic rings. The fraction of sp³-hybridized carbons (Fsp3) is 0.719. The highest BCUT2D eigenvalue weighted by molar-refractivity contribution is 5.81. The number of hydrogen-bond acceptors (Lipinski definition) is 5. The molecule has 4 rings (SSSR count). The van der Waals surface area contributed by atoms with Crippen LogP contribution < -0.4 is 0 Å². The molecule has 4 saturated carbocycles. The van der Waals surface area contributed by atoms with Crippen molar-refractivity contribution in [3.05, 3.63) is 47.6 Å². The minimum atomic E-state index is -0.781. The summed E-state index contributed by atoms with van der Waals surface area (Å²) in [4.78, 5) is 12.6. The van der Waals surface area contributed by atoms with Gasteiger partial charge in [-0.15, -0.1) is 0 Å². The maximum absolute atomic E-state index is 12.6. The maximum atomic E-state index is 12.6. The Balaban J connectivity index is 1.42. The summed E-state index contributed by atoms with van der Waals surface area (Å²) in [5, 5.41) is 31.2. The fourth-order valence-corrected chi connectivity index (χ4v) is 7.42. The number of unbranched alkanes of at least 4 members (excludes halogenated alkanes) is 1. The van der Waals surface area contributed by atoms with Crippen LogP contribution in [-0.4, -0.2) is 46.2 Å². The third kappa shape index (κ3) is 5.84. The van der Waals surface area contributed by atoms with Crippen molar-refractivity contribution in [2.24, 2.45) is 28.6 Å². The molecule has 0 bridgehead atoms. The van der Waals surface area contributed by atoms with Gasteiger partial charge in [-0.25, -0.2) is 0 Å². The molecule has 3 N–H and O–H groups in total. The molecule has 37 heavy (non-hydrogen) atoms. The zero-order valence-corrected chi connectivity index (χ0v) is 23.1. The molecule has 0 saturated heterocycles. The van der Waals surface area contributed by atoms with Gasteiger partial charge < -0.3 is 20.1 Å². The smallest absolute Gasteiger partial charge is 0.315 e. The van der Waals surface area contributed by atoms with Gasteiger partial charge in [0.25, 0.3) is 0 Å². The lowest BCUT2D eigenvalue weighted by Crippen LogP contribution is -2.36. The number of carbonyl (C=O) groups is 1. The Morgan fingerprint density at radius 3 is 2.65 bits per heavy atom. The van der Waals surface area contributed by atoms with E-state index in [0.29, 0.717) is 50.0 Å². The van der Waals surface area contributed by atoms with Crippen LogP contribution in [0.4, 0.5) is 0 Å². The predicted octanol–water partition coefficient (Wildman–Crippen LogP) is 5.80. The van der Waals surface area contributed by atoms with E-state index in [0.717, 1.165) is 49.7 Å². The molecule has 0 heterocycles. The summed E-state index contributed by atoms with van der Waals surface area (Å²) in [6.45, 7) is 11.3. The van der Waals surface area contributed by atoms with Gasteiger partial charge in [0.2, 0.25) is 0 Å². The Morgan fingerprint density at radius 2 is 1.95 bits per heavy atom. The second-order valence-electron chi connectivity index (χ2n) is 12.5. The standard InChI is InChI=1S/C32H48O5/c1-5-6-18-37-30(36)32(16-17-32)29(35)14-9-21(2)26-12-13-27-23(8-7-15-31(26,27)4)10-11-24-19-25(33)20-28(34)22(24)3/h9-11,14,21,25-29,33-35H,3,5-8,12-13,15-20H2,1-2,4H3/t21-,25-,26-,27+,28+,29+,31-/m1/s1. The number of allylic oxidation sites excluding steroid dienone is 4. The van der Waals surface area contributed by atoms with Gasteiger partial charge in [0, 0.05) is 6.42 Å². The molecule has 4 fully saturated rings. The maximum Gasteiger partial charge on any atom is 0.315 e. The second-order valence-corrected chi connectivity index (χ2v) is 12.5. The van der Waals surface area contributed by atoms with Crippen molar-refractivity contribution in [3.8, 4) is 0 Å². The molecule has 0 aromatic rings. The number of fused-ring (bicyclic) bond motifs is 1. The van der Waals surface area contributed by atoms with Gasteiger partial charge in [-0.3, -0.25) is 4.79 Å². The number of carbonyl (C=O) groups excluding carboxylic acids is 1. The highest BCUT2D eigenvalue weighted by atomic mass is 16.5. The van der Waals surface area contributed by atoms with Gasteiger partial charge in [0.1, 0.15) is 0 Å². The van der Waals surface area contributed by atoms with Crippen molar-refractivity contribution in [3.63, 3.8) is 0 Å². The zero-order valence-electron chi connectivity index (χ0n) is 23.1. The summed E-state index contributed by atoms with van der Waals surface area (Å²) in [6.07, 6.45) is 16.4. The molecule has 4 aliphatic carbocycles. The summed E-state index contributed by atoms with van der Waals surface area (Å²) in [6, 6.07) is 0. The summed E-state index contributed by atoms with van der Waals surface area (Å²) in [5.74, 6) is 1.13. The highest BCUT2D eigenvalue weighted by Gasteiger charge is 2.56. The predicted molar refractivity (Wildman–Crippen MR) is 147 cm³/mol. The first-order valence-electron chi connectivity index (χ1n) is 14.6. The molecule has 0 radical (unpaired) electrons. The van der Waals surface area contributed by atoms with E-state index in [1.54, 1.807) is 0 Å². The normalized spacial score (nSPS) is 37.1. The van der Waals surface area contributed by atoms with Gasteiger partial charge in [-0.05, 0) is 92.1 Å². The van der Waals surface area contributed by atoms with Crippen LogP contribution in [0.2, 0.25) is 0 Å². The molecular formula is C32H48O5. The Morgan fingerprint density at radius 1 is 1.19 bits per heavy atom. The number of ether oxygens (including phenoxy) is 1. The first-order valence-corrected chi connectivity index (χ1v) is 14.6. The average Bonchev–Trinajstić information content (AvgIpc) is 3.60. The van der Waals surface area contributed by atoms with Crippen molar-refractivity contribution in [1.29, 1.82) is 0 Å². The minimum absolute atomic E-state index is 0.205. The van der Waals surface area contributed by atoms with Gasteiger partial charge >= 0.3 is 5.97 Å². The minimum Gasteiger partial charge on any atom is -0.465 e. The molecule has 0 aliphatic heterocycles. The Kier molecular flexibility index (Phi) is 8.87. The summed E-state index contributed by atoms with van der Waals surface area (Å²) in [7, 11) is 0. The van der Waals surface area contributed by atoms with E-state index in [4.69, 9.17) is 4.74 Å². The number of aliphatic hydroxyl groups excluding tert-OH is 3. The van der Waals surface area contributed by atoms with Crippen molar-refractivity contribution in [2.75, 3.05) is 6.61 Å². The third-order valence-electron chi connectivity index (χ3n) is 10.0. The van der Waals surface area contributed by atoms with E-state index in [2.05, 4.69) is 45.6 Å².